The molecular formula is C17H24N2O5. The van der Waals surface area contributed by atoms with Crippen molar-refractivity contribution in [2.45, 2.75) is 46.5 Å². The second-order valence-electron chi connectivity index (χ2n) is 5.98. The molecular weight excluding hydrogens is 312 g/mol. The third-order valence-electron chi connectivity index (χ3n) is 3.12. The maximum Gasteiger partial charge on any atom is 0.338 e. The van der Waals surface area contributed by atoms with Crippen LogP contribution in [-0.4, -0.2) is 30.1 Å². The Balaban J connectivity index is 2.73. The van der Waals surface area contributed by atoms with E-state index in [4.69, 9.17) is 15.2 Å². The average Bonchev–Trinajstić information content (AvgIpc) is 2.49. The lowest BCUT2D eigenvalue weighted by Crippen LogP contribution is -2.45. The number of ether oxygens (including phenoxy) is 2. The van der Waals surface area contributed by atoms with Gasteiger partial charge in [0.15, 0.2) is 6.10 Å². The summed E-state index contributed by atoms with van der Waals surface area (Å²) in [4.78, 5) is 34.8. The third kappa shape index (κ3) is 6.37. The molecule has 132 valence electrons. The van der Waals surface area contributed by atoms with E-state index in [1.165, 1.54) is 0 Å². The lowest BCUT2D eigenvalue weighted by molar-refractivity contribution is -0.130. The molecule has 0 unspecified atom stereocenters. The van der Waals surface area contributed by atoms with Crippen LogP contribution in [-0.2, 0) is 20.9 Å². The number of primary amides is 1. The summed E-state index contributed by atoms with van der Waals surface area (Å²) >= 11 is 0. The molecule has 0 saturated carbocycles. The molecule has 0 heterocycles. The molecule has 7 heteroatoms. The Morgan fingerprint density at radius 1 is 1.08 bits per heavy atom. The normalized spacial score (nSPS) is 12.1. The van der Waals surface area contributed by atoms with Crippen molar-refractivity contribution in [3.05, 3.63) is 35.4 Å². The predicted octanol–water partition coefficient (Wildman–Crippen LogP) is 1.99. The second kappa shape index (κ2) is 9.02. The summed E-state index contributed by atoms with van der Waals surface area (Å²) in [5.74, 6) is -1.70. The molecule has 7 nitrogen and oxygen atoms in total. The minimum Gasteiger partial charge on any atom is -0.448 e. The van der Waals surface area contributed by atoms with Crippen LogP contribution in [0.5, 0.6) is 0 Å². The molecule has 1 atom stereocenters. The molecule has 1 aromatic carbocycles. The molecule has 0 aliphatic heterocycles. The number of hydrogen-bond acceptors (Lipinski definition) is 5. The lowest BCUT2D eigenvalue weighted by Gasteiger charge is -2.19. The number of amides is 3. The highest BCUT2D eigenvalue weighted by atomic mass is 16.5. The largest absolute Gasteiger partial charge is 0.448 e. The highest BCUT2D eigenvalue weighted by Crippen LogP contribution is 2.13. The standard InChI is InChI=1S/C17H24N2O5/c1-10(2)14(15(20)19-17(18)22)24-16(21)13-7-5-12(6-8-13)9-23-11(3)4/h5-8,10-11,14H,9H2,1-4H3,(H3,18,19,20,22)/t14-/m1/s1. The Labute approximate surface area is 141 Å². The van der Waals surface area contributed by atoms with Gasteiger partial charge in [0, 0.05) is 0 Å². The summed E-state index contributed by atoms with van der Waals surface area (Å²) < 4.78 is 10.7. The number of urea groups is 1. The highest BCUT2D eigenvalue weighted by Gasteiger charge is 2.27. The van der Waals surface area contributed by atoms with Crippen LogP contribution in [0.25, 0.3) is 0 Å². The topological polar surface area (TPSA) is 108 Å². The van der Waals surface area contributed by atoms with Crippen LogP contribution < -0.4 is 11.1 Å². The second-order valence-corrected chi connectivity index (χ2v) is 5.98. The zero-order chi connectivity index (χ0) is 18.3. The van der Waals surface area contributed by atoms with Crippen LogP contribution in [0.3, 0.4) is 0 Å². The average molecular weight is 336 g/mol. The smallest absolute Gasteiger partial charge is 0.338 e. The molecule has 3 amide bonds. The van der Waals surface area contributed by atoms with Gasteiger partial charge in [0.25, 0.3) is 5.91 Å². The molecule has 0 radical (unpaired) electrons. The Morgan fingerprint density at radius 3 is 2.12 bits per heavy atom. The van der Waals surface area contributed by atoms with Crippen LogP contribution >= 0.6 is 0 Å². The number of imide groups is 1. The van der Waals surface area contributed by atoms with Gasteiger partial charge in [0.05, 0.1) is 18.3 Å². The van der Waals surface area contributed by atoms with E-state index >= 15 is 0 Å². The summed E-state index contributed by atoms with van der Waals surface area (Å²) in [5.41, 5.74) is 6.15. The monoisotopic (exact) mass is 336 g/mol. The van der Waals surface area contributed by atoms with Crippen LogP contribution in [0.1, 0.15) is 43.6 Å². The number of rotatable bonds is 7. The van der Waals surface area contributed by atoms with E-state index in [0.29, 0.717) is 12.2 Å². The van der Waals surface area contributed by atoms with Gasteiger partial charge in [-0.05, 0) is 37.5 Å². The highest BCUT2D eigenvalue weighted by molar-refractivity contribution is 5.98. The van der Waals surface area contributed by atoms with E-state index in [-0.39, 0.29) is 12.0 Å². The van der Waals surface area contributed by atoms with Gasteiger partial charge in [-0.1, -0.05) is 26.0 Å². The van der Waals surface area contributed by atoms with Crippen molar-refractivity contribution in [1.29, 1.82) is 0 Å². The number of carbonyl (C=O) groups excluding carboxylic acids is 3. The molecule has 1 aromatic rings. The van der Waals surface area contributed by atoms with Crippen molar-refractivity contribution in [3.8, 4) is 0 Å². The molecule has 0 bridgehead atoms. The van der Waals surface area contributed by atoms with Crippen molar-refractivity contribution < 1.29 is 23.9 Å². The number of nitrogens with two attached hydrogens (primary N) is 1. The van der Waals surface area contributed by atoms with Crippen LogP contribution in [0.15, 0.2) is 24.3 Å². The van der Waals surface area contributed by atoms with Gasteiger partial charge >= 0.3 is 12.0 Å². The van der Waals surface area contributed by atoms with Gasteiger partial charge in [0.1, 0.15) is 0 Å². The van der Waals surface area contributed by atoms with Crippen LogP contribution in [0, 0.1) is 5.92 Å². The van der Waals surface area contributed by atoms with Gasteiger partial charge in [-0.15, -0.1) is 0 Å². The molecule has 3 N–H and O–H groups in total. The zero-order valence-corrected chi connectivity index (χ0v) is 14.4. The minimum absolute atomic E-state index is 0.116. The van der Waals surface area contributed by atoms with E-state index in [1.54, 1.807) is 38.1 Å². The summed E-state index contributed by atoms with van der Waals surface area (Å²) in [6.07, 6.45) is -0.987. The molecule has 0 aliphatic carbocycles. The van der Waals surface area contributed by atoms with Gasteiger partial charge in [-0.25, -0.2) is 9.59 Å². The number of esters is 1. The number of nitrogens with one attached hydrogen (secondary N) is 1. The summed E-state index contributed by atoms with van der Waals surface area (Å²) in [7, 11) is 0. The fraction of sp³-hybridized carbons (Fsp3) is 0.471. The van der Waals surface area contributed by atoms with Crippen LogP contribution in [0.2, 0.25) is 0 Å². The van der Waals surface area contributed by atoms with Gasteiger partial charge in [-0.2, -0.15) is 0 Å². The van der Waals surface area contributed by atoms with E-state index in [0.717, 1.165) is 5.56 Å². The van der Waals surface area contributed by atoms with Gasteiger partial charge < -0.3 is 15.2 Å². The Hall–Kier alpha value is -2.41. The first kappa shape index (κ1) is 19.6. The predicted molar refractivity (Wildman–Crippen MR) is 88.1 cm³/mol. The maximum atomic E-state index is 12.2. The first-order valence-electron chi connectivity index (χ1n) is 7.72. The third-order valence-corrected chi connectivity index (χ3v) is 3.12. The summed E-state index contributed by atoms with van der Waals surface area (Å²) in [6, 6.07) is 5.73. The van der Waals surface area contributed by atoms with Crippen LogP contribution in [0.4, 0.5) is 4.79 Å². The van der Waals surface area contributed by atoms with E-state index in [9.17, 15) is 14.4 Å². The van der Waals surface area contributed by atoms with Crippen molar-refractivity contribution >= 4 is 17.9 Å². The molecule has 0 aliphatic rings. The van der Waals surface area contributed by atoms with Gasteiger partial charge in [0.2, 0.25) is 0 Å². The quantitative estimate of drug-likeness (QED) is 0.740. The first-order chi connectivity index (χ1) is 11.2. The fourth-order valence-corrected chi connectivity index (χ4v) is 1.87. The SMILES string of the molecule is CC(C)OCc1ccc(C(=O)O[C@@H](C(=O)NC(N)=O)C(C)C)cc1. The van der Waals surface area contributed by atoms with Gasteiger partial charge in [-0.3, -0.25) is 10.1 Å². The Kier molecular flexibility index (Phi) is 7.38. The molecule has 0 fully saturated rings. The molecule has 0 saturated heterocycles. The van der Waals surface area contributed by atoms with Crippen molar-refractivity contribution in [2.24, 2.45) is 11.7 Å². The fourth-order valence-electron chi connectivity index (χ4n) is 1.87. The lowest BCUT2D eigenvalue weighted by atomic mass is 10.1. The Bertz CT molecular complexity index is 581. The van der Waals surface area contributed by atoms with E-state index in [1.807, 2.05) is 19.2 Å². The Morgan fingerprint density at radius 2 is 1.67 bits per heavy atom. The minimum atomic E-state index is -1.10. The van der Waals surface area contributed by atoms with Crippen molar-refractivity contribution in [1.82, 2.24) is 5.32 Å². The number of benzene rings is 1. The van der Waals surface area contributed by atoms with E-state index in [2.05, 4.69) is 0 Å². The van der Waals surface area contributed by atoms with E-state index < -0.39 is 24.0 Å². The van der Waals surface area contributed by atoms with Crippen molar-refractivity contribution in [3.63, 3.8) is 0 Å². The number of hydrogen-bond donors (Lipinski definition) is 2. The molecule has 0 aromatic heterocycles. The number of carbonyl (C=O) groups is 3. The molecule has 1 rings (SSSR count). The summed E-state index contributed by atoms with van der Waals surface area (Å²) in [6.45, 7) is 7.72. The zero-order valence-electron chi connectivity index (χ0n) is 14.4. The molecule has 0 spiro atoms. The maximum absolute atomic E-state index is 12.2. The van der Waals surface area contributed by atoms with Crippen molar-refractivity contribution in [2.75, 3.05) is 0 Å². The molecule has 24 heavy (non-hydrogen) atoms. The summed E-state index contributed by atoms with van der Waals surface area (Å²) in [5, 5.41) is 1.92. The first-order valence-corrected chi connectivity index (χ1v) is 7.72.